The van der Waals surface area contributed by atoms with E-state index in [1.807, 2.05) is 36.4 Å². The van der Waals surface area contributed by atoms with Crippen LogP contribution in [0, 0.1) is 0 Å². The number of nitrogens with one attached hydrogen (secondary N) is 3. The molecule has 5 rings (SSSR count). The van der Waals surface area contributed by atoms with Crippen molar-refractivity contribution in [2.75, 3.05) is 0 Å². The van der Waals surface area contributed by atoms with Crippen molar-refractivity contribution in [3.05, 3.63) is 48.5 Å². The summed E-state index contributed by atoms with van der Waals surface area (Å²) in [6, 6.07) is 15.0. The van der Waals surface area contributed by atoms with Crippen LogP contribution in [0.15, 0.2) is 48.5 Å². The van der Waals surface area contributed by atoms with Gasteiger partial charge in [0, 0.05) is 11.1 Å². The van der Waals surface area contributed by atoms with Gasteiger partial charge < -0.3 is 4.52 Å². The predicted molar refractivity (Wildman–Crippen MR) is 76.8 cm³/mol. The van der Waals surface area contributed by atoms with Crippen LogP contribution in [0.2, 0.25) is 0 Å². The van der Waals surface area contributed by atoms with E-state index in [0.717, 1.165) is 11.1 Å². The summed E-state index contributed by atoms with van der Waals surface area (Å²) in [6.07, 6.45) is 0.205. The van der Waals surface area contributed by atoms with E-state index in [1.165, 1.54) is 0 Å². The third-order valence-electron chi connectivity index (χ3n) is 3.93. The Morgan fingerprint density at radius 2 is 1.76 bits per heavy atom. The molecule has 0 spiro atoms. The lowest BCUT2D eigenvalue weighted by Gasteiger charge is -2.27. The van der Waals surface area contributed by atoms with E-state index in [4.69, 9.17) is 9.15 Å². The Hall–Kier alpha value is -1.69. The summed E-state index contributed by atoms with van der Waals surface area (Å²) in [5.74, 6) is 0.162. The molecule has 3 heterocycles. The first kappa shape index (κ1) is 11.9. The molecule has 3 aliphatic rings. The molecule has 7 heteroatoms. The lowest BCUT2D eigenvalue weighted by Crippen LogP contribution is -2.38. The van der Waals surface area contributed by atoms with E-state index in [9.17, 15) is 4.57 Å². The van der Waals surface area contributed by atoms with E-state index < -0.39 is 13.4 Å². The normalized spacial score (nSPS) is 34.2. The van der Waals surface area contributed by atoms with Gasteiger partial charge >= 0.3 is 7.60 Å². The quantitative estimate of drug-likeness (QED) is 0.449. The van der Waals surface area contributed by atoms with Crippen molar-refractivity contribution in [2.45, 2.75) is 12.0 Å². The van der Waals surface area contributed by atoms with E-state index in [1.54, 1.807) is 12.1 Å². The first-order chi connectivity index (χ1) is 10.2. The van der Waals surface area contributed by atoms with Gasteiger partial charge in [-0.15, -0.1) is 0 Å². The van der Waals surface area contributed by atoms with Crippen molar-refractivity contribution in [1.82, 2.24) is 16.1 Å². The molecule has 0 radical (unpaired) electrons. The highest BCUT2D eigenvalue weighted by Crippen LogP contribution is 2.55. The Balaban J connectivity index is 1.59. The molecule has 2 fully saturated rings. The summed E-state index contributed by atoms with van der Waals surface area (Å²) in [5.41, 5.74) is 4.58. The Labute approximate surface area is 120 Å². The SMILES string of the molecule is O=P1(ON[C@]23N[C@H]2N3)Oc2ccccc2-c2ccccc21. The summed E-state index contributed by atoms with van der Waals surface area (Å²) in [5, 5.41) is 6.74. The summed E-state index contributed by atoms with van der Waals surface area (Å²) in [4.78, 5) is 0. The van der Waals surface area contributed by atoms with Crippen molar-refractivity contribution >= 4 is 12.9 Å². The van der Waals surface area contributed by atoms with Crippen LogP contribution in [-0.2, 0) is 9.19 Å². The number of benzene rings is 2. The minimum atomic E-state index is -3.46. The number of hydroxylamine groups is 1. The van der Waals surface area contributed by atoms with Gasteiger partial charge in [0.1, 0.15) is 11.9 Å². The second-order valence-electron chi connectivity index (χ2n) is 5.33. The average molecular weight is 301 g/mol. The van der Waals surface area contributed by atoms with Crippen LogP contribution >= 0.6 is 7.60 Å². The highest BCUT2D eigenvalue weighted by molar-refractivity contribution is 7.63. The molecule has 3 aliphatic heterocycles. The van der Waals surface area contributed by atoms with Gasteiger partial charge in [0.25, 0.3) is 0 Å². The van der Waals surface area contributed by atoms with Crippen molar-refractivity contribution in [2.24, 2.45) is 0 Å². The third-order valence-corrected chi connectivity index (χ3v) is 5.68. The van der Waals surface area contributed by atoms with Crippen LogP contribution in [0.5, 0.6) is 5.75 Å². The fourth-order valence-electron chi connectivity index (χ4n) is 2.58. The van der Waals surface area contributed by atoms with Gasteiger partial charge in [-0.05, 0) is 12.1 Å². The lowest BCUT2D eigenvalue weighted by molar-refractivity contribution is 0.140. The Morgan fingerprint density at radius 3 is 2.52 bits per heavy atom. The highest BCUT2D eigenvalue weighted by Gasteiger charge is 2.72. The molecule has 0 aromatic heterocycles. The minimum Gasteiger partial charge on any atom is -0.420 e. The van der Waals surface area contributed by atoms with Gasteiger partial charge in [-0.1, -0.05) is 36.4 Å². The van der Waals surface area contributed by atoms with Gasteiger partial charge in [-0.2, -0.15) is 5.48 Å². The van der Waals surface area contributed by atoms with Crippen LogP contribution in [0.4, 0.5) is 0 Å². The molecule has 0 bridgehead atoms. The van der Waals surface area contributed by atoms with Crippen molar-refractivity contribution in [3.63, 3.8) is 0 Å². The topological polar surface area (TPSA) is 91.4 Å². The maximum atomic E-state index is 13.1. The fourth-order valence-corrected chi connectivity index (χ4v) is 4.25. The lowest BCUT2D eigenvalue weighted by atomic mass is 10.0. The number of hydrogen-bond acceptors (Lipinski definition) is 6. The smallest absolute Gasteiger partial charge is 0.420 e. The predicted octanol–water partition coefficient (Wildman–Crippen LogP) is 1.27. The number of hydrogen-bond donors (Lipinski definition) is 3. The molecule has 3 N–H and O–H groups in total. The van der Waals surface area contributed by atoms with Crippen LogP contribution in [0.25, 0.3) is 11.1 Å². The molecular formula is C14H12N3O3P. The molecule has 0 amide bonds. The molecule has 2 aromatic carbocycles. The zero-order valence-electron chi connectivity index (χ0n) is 10.9. The zero-order chi connectivity index (χ0) is 14.1. The van der Waals surface area contributed by atoms with E-state index in [2.05, 4.69) is 16.1 Å². The second kappa shape index (κ2) is 3.74. The Kier molecular flexibility index (Phi) is 2.12. The molecule has 2 aromatic rings. The number of para-hydroxylation sites is 1. The van der Waals surface area contributed by atoms with Gasteiger partial charge in [0.15, 0.2) is 5.79 Å². The van der Waals surface area contributed by atoms with Crippen molar-refractivity contribution in [3.8, 4) is 16.9 Å². The summed E-state index contributed by atoms with van der Waals surface area (Å²) >= 11 is 0. The van der Waals surface area contributed by atoms with Crippen molar-refractivity contribution in [1.29, 1.82) is 0 Å². The minimum absolute atomic E-state index is 0.205. The molecule has 0 aliphatic carbocycles. The van der Waals surface area contributed by atoms with Gasteiger partial charge in [-0.25, -0.2) is 9.19 Å². The molecule has 106 valence electrons. The summed E-state index contributed by atoms with van der Waals surface area (Å²) in [6.45, 7) is 0. The van der Waals surface area contributed by atoms with Crippen LogP contribution in [0.3, 0.4) is 0 Å². The zero-order valence-corrected chi connectivity index (χ0v) is 11.8. The largest absolute Gasteiger partial charge is 0.427 e. The Morgan fingerprint density at radius 1 is 1.10 bits per heavy atom. The molecule has 2 saturated heterocycles. The van der Waals surface area contributed by atoms with E-state index >= 15 is 0 Å². The first-order valence-corrected chi connectivity index (χ1v) is 8.24. The summed E-state index contributed by atoms with van der Waals surface area (Å²) in [7, 11) is -3.46. The third kappa shape index (κ3) is 1.65. The monoisotopic (exact) mass is 301 g/mol. The average Bonchev–Trinajstić information content (AvgIpc) is 3.36. The van der Waals surface area contributed by atoms with E-state index in [-0.39, 0.29) is 6.17 Å². The molecule has 1 unspecified atom stereocenters. The number of fused-ring (bicyclic) bond motifs is 4. The molecular weight excluding hydrogens is 289 g/mol. The first-order valence-electron chi connectivity index (χ1n) is 6.70. The highest BCUT2D eigenvalue weighted by atomic mass is 31.2. The van der Waals surface area contributed by atoms with Crippen LogP contribution in [0.1, 0.15) is 0 Å². The molecule has 0 saturated carbocycles. The maximum Gasteiger partial charge on any atom is 0.427 e. The van der Waals surface area contributed by atoms with Gasteiger partial charge in [-0.3, -0.25) is 10.6 Å². The number of rotatable bonds is 3. The summed E-state index contributed by atoms with van der Waals surface area (Å²) < 4.78 is 24.3. The maximum absolute atomic E-state index is 13.1. The standard InChI is InChI=1S/C14H12N3O3P/c18-21(20-17-14-13(15-14)16-14)12-8-4-2-6-10(12)9-5-1-3-7-11(9)19-21/h1-8,13,15-17H/t13-,14-,21?. The fraction of sp³-hybridized carbons (Fsp3) is 0.143. The Bertz CT molecular complexity index is 804. The van der Waals surface area contributed by atoms with Crippen LogP contribution < -0.4 is 25.9 Å². The second-order valence-corrected chi connectivity index (χ2v) is 7.17. The van der Waals surface area contributed by atoms with Gasteiger partial charge in [0.2, 0.25) is 0 Å². The molecule has 1 atom stereocenters. The van der Waals surface area contributed by atoms with Crippen LogP contribution in [-0.4, -0.2) is 12.0 Å². The van der Waals surface area contributed by atoms with E-state index in [0.29, 0.717) is 11.1 Å². The van der Waals surface area contributed by atoms with Gasteiger partial charge in [0.05, 0.1) is 5.30 Å². The van der Waals surface area contributed by atoms with Crippen molar-refractivity contribution < 1.29 is 13.7 Å². The molecule has 21 heavy (non-hydrogen) atoms. The molecule has 6 nitrogen and oxygen atoms in total.